The van der Waals surface area contributed by atoms with E-state index >= 15 is 0 Å². The molecule has 1 heterocycles. The number of hydrogen-bond donors (Lipinski definition) is 1. The zero-order valence-corrected chi connectivity index (χ0v) is 22.5. The van der Waals surface area contributed by atoms with Crippen LogP contribution in [0.3, 0.4) is 0 Å². The molecule has 1 aliphatic heterocycles. The fourth-order valence-corrected chi connectivity index (χ4v) is 4.06. The summed E-state index contributed by atoms with van der Waals surface area (Å²) >= 11 is 0. The summed E-state index contributed by atoms with van der Waals surface area (Å²) in [7, 11) is 0. The van der Waals surface area contributed by atoms with Gasteiger partial charge in [-0.05, 0) is 35.9 Å². The molecule has 2 aromatic rings. The molecule has 0 saturated carbocycles. The molecule has 1 aliphatic rings. The van der Waals surface area contributed by atoms with E-state index in [4.69, 9.17) is 23.7 Å². The second kappa shape index (κ2) is 14.0. The maximum atomic E-state index is 12.6. The third kappa shape index (κ3) is 8.77. The maximum Gasteiger partial charge on any atom is 0.303 e. The standard InChI is InChI=1S/C29H31NO10/c1-17(31)30-26-28(38-20(4)34)27(37-19(3)33)25(16-36-18(2)32)40-29(26)39-23-13-11-22(12-14-23)24(35)15-10-21-8-6-5-7-9-21/h5-15,25-29H,16H2,1-4H3,(H,30,31)/b15-10+/t25-,26-,27-,28-,29-/m1/s1. The normalized spacial score (nSPS) is 22.1. The van der Waals surface area contributed by atoms with Crippen molar-refractivity contribution in [2.24, 2.45) is 0 Å². The fraction of sp³-hybridized carbons (Fsp3) is 0.345. The minimum absolute atomic E-state index is 0.221. The van der Waals surface area contributed by atoms with Crippen LogP contribution in [0.25, 0.3) is 6.08 Å². The van der Waals surface area contributed by atoms with E-state index in [1.54, 1.807) is 18.2 Å². The van der Waals surface area contributed by atoms with Crippen LogP contribution >= 0.6 is 0 Å². The summed E-state index contributed by atoms with van der Waals surface area (Å²) in [5.74, 6) is -2.48. The first-order valence-electron chi connectivity index (χ1n) is 12.5. The third-order valence-corrected chi connectivity index (χ3v) is 5.69. The molecule has 5 atom stereocenters. The van der Waals surface area contributed by atoms with Gasteiger partial charge in [-0.3, -0.25) is 24.0 Å². The molecule has 3 rings (SSSR count). The van der Waals surface area contributed by atoms with E-state index in [0.29, 0.717) is 5.56 Å². The minimum Gasteiger partial charge on any atom is -0.463 e. The number of ether oxygens (including phenoxy) is 5. The summed E-state index contributed by atoms with van der Waals surface area (Å²) in [6.07, 6.45) is -1.67. The third-order valence-electron chi connectivity index (χ3n) is 5.69. The Hall–Kier alpha value is -4.51. The Morgan fingerprint density at radius 1 is 0.825 bits per heavy atom. The SMILES string of the molecule is CC(=O)N[C@H]1[C@H](Oc2ccc(C(=O)/C=C/c3ccccc3)cc2)O[C@H](COC(C)=O)[C@@H](OC(C)=O)[C@@H]1OC(C)=O. The van der Waals surface area contributed by atoms with Gasteiger partial charge in [-0.25, -0.2) is 0 Å². The minimum atomic E-state index is -1.26. The molecular formula is C29H31NO10. The molecule has 2 aromatic carbocycles. The van der Waals surface area contributed by atoms with Gasteiger partial charge in [0.1, 0.15) is 24.5 Å². The molecule has 0 bridgehead atoms. The largest absolute Gasteiger partial charge is 0.463 e. The van der Waals surface area contributed by atoms with Gasteiger partial charge in [-0.15, -0.1) is 0 Å². The lowest BCUT2D eigenvalue weighted by molar-refractivity contribution is -0.257. The molecule has 1 fully saturated rings. The number of carbonyl (C=O) groups excluding carboxylic acids is 5. The van der Waals surface area contributed by atoms with E-state index in [1.807, 2.05) is 30.3 Å². The van der Waals surface area contributed by atoms with Gasteiger partial charge < -0.3 is 29.0 Å². The highest BCUT2D eigenvalue weighted by Crippen LogP contribution is 2.29. The molecule has 40 heavy (non-hydrogen) atoms. The topological polar surface area (TPSA) is 144 Å². The number of rotatable bonds is 10. The Bertz CT molecular complexity index is 1240. The molecule has 0 aromatic heterocycles. The molecule has 11 nitrogen and oxygen atoms in total. The van der Waals surface area contributed by atoms with Crippen LogP contribution in [0.15, 0.2) is 60.7 Å². The molecule has 0 aliphatic carbocycles. The number of benzene rings is 2. The Labute approximate surface area is 231 Å². The average Bonchev–Trinajstić information content (AvgIpc) is 2.89. The summed E-state index contributed by atoms with van der Waals surface area (Å²) in [5.41, 5.74) is 1.29. The van der Waals surface area contributed by atoms with Crippen molar-refractivity contribution in [3.63, 3.8) is 0 Å². The van der Waals surface area contributed by atoms with E-state index in [1.165, 1.54) is 32.1 Å². The average molecular weight is 554 g/mol. The van der Waals surface area contributed by atoms with Crippen LogP contribution < -0.4 is 10.1 Å². The zero-order valence-electron chi connectivity index (χ0n) is 22.5. The van der Waals surface area contributed by atoms with E-state index in [0.717, 1.165) is 19.4 Å². The number of hydrogen-bond acceptors (Lipinski definition) is 10. The fourth-order valence-electron chi connectivity index (χ4n) is 4.06. The molecule has 0 unspecified atom stereocenters. The molecule has 1 N–H and O–H groups in total. The first-order chi connectivity index (χ1) is 19.0. The van der Waals surface area contributed by atoms with Gasteiger partial charge in [0, 0.05) is 33.3 Å². The zero-order chi connectivity index (χ0) is 29.2. The molecular weight excluding hydrogens is 522 g/mol. The van der Waals surface area contributed by atoms with E-state index in [-0.39, 0.29) is 18.1 Å². The highest BCUT2D eigenvalue weighted by Gasteiger charge is 2.51. The van der Waals surface area contributed by atoms with Crippen molar-refractivity contribution < 1.29 is 47.7 Å². The summed E-state index contributed by atoms with van der Waals surface area (Å²) < 4.78 is 27.9. The number of amides is 1. The van der Waals surface area contributed by atoms with Crippen LogP contribution in [0, 0.1) is 0 Å². The van der Waals surface area contributed by atoms with Crippen LogP contribution in [0.5, 0.6) is 5.75 Å². The highest BCUT2D eigenvalue weighted by molar-refractivity contribution is 6.06. The van der Waals surface area contributed by atoms with Gasteiger partial charge in [0.15, 0.2) is 18.0 Å². The smallest absolute Gasteiger partial charge is 0.303 e. The molecule has 1 saturated heterocycles. The van der Waals surface area contributed by atoms with Crippen molar-refractivity contribution in [1.82, 2.24) is 5.32 Å². The Morgan fingerprint density at radius 3 is 2.02 bits per heavy atom. The second-order valence-electron chi connectivity index (χ2n) is 8.97. The van der Waals surface area contributed by atoms with Crippen molar-refractivity contribution >= 4 is 35.7 Å². The van der Waals surface area contributed by atoms with Crippen LogP contribution in [0.1, 0.15) is 43.6 Å². The summed E-state index contributed by atoms with van der Waals surface area (Å²) in [6, 6.07) is 14.5. The Balaban J connectivity index is 1.86. The summed E-state index contributed by atoms with van der Waals surface area (Å²) in [6.45, 7) is 4.40. The maximum absolute atomic E-state index is 12.6. The number of allylic oxidation sites excluding steroid dienone is 1. The lowest BCUT2D eigenvalue weighted by Gasteiger charge is -2.44. The highest BCUT2D eigenvalue weighted by atomic mass is 16.7. The van der Waals surface area contributed by atoms with Gasteiger partial charge >= 0.3 is 17.9 Å². The summed E-state index contributed by atoms with van der Waals surface area (Å²) in [5, 5.41) is 2.63. The lowest BCUT2D eigenvalue weighted by atomic mass is 9.96. The van der Waals surface area contributed by atoms with Crippen molar-refractivity contribution in [3.8, 4) is 5.75 Å². The van der Waals surface area contributed by atoms with E-state index in [2.05, 4.69) is 5.32 Å². The first-order valence-corrected chi connectivity index (χ1v) is 12.5. The lowest BCUT2D eigenvalue weighted by Crippen LogP contribution is -2.67. The number of esters is 3. The quantitative estimate of drug-likeness (QED) is 0.202. The van der Waals surface area contributed by atoms with Crippen LogP contribution in [-0.2, 0) is 38.1 Å². The molecule has 0 radical (unpaired) electrons. The van der Waals surface area contributed by atoms with Crippen molar-refractivity contribution in [2.75, 3.05) is 6.61 Å². The number of ketones is 1. The van der Waals surface area contributed by atoms with Crippen molar-refractivity contribution in [3.05, 3.63) is 71.8 Å². The van der Waals surface area contributed by atoms with Gasteiger partial charge in [0.05, 0.1) is 0 Å². The van der Waals surface area contributed by atoms with Gasteiger partial charge in [0.2, 0.25) is 12.2 Å². The molecule has 0 spiro atoms. The predicted octanol–water partition coefficient (Wildman–Crippen LogP) is 2.62. The predicted molar refractivity (Wildman–Crippen MR) is 141 cm³/mol. The van der Waals surface area contributed by atoms with Crippen LogP contribution in [0.4, 0.5) is 0 Å². The first kappa shape index (κ1) is 30.0. The Kier molecular flexibility index (Phi) is 10.5. The van der Waals surface area contributed by atoms with E-state index < -0.39 is 54.5 Å². The van der Waals surface area contributed by atoms with Gasteiger partial charge in [0.25, 0.3) is 0 Å². The molecule has 212 valence electrons. The van der Waals surface area contributed by atoms with Crippen molar-refractivity contribution in [1.29, 1.82) is 0 Å². The van der Waals surface area contributed by atoms with Crippen LogP contribution in [0.2, 0.25) is 0 Å². The second-order valence-corrected chi connectivity index (χ2v) is 8.97. The monoisotopic (exact) mass is 553 g/mol. The van der Waals surface area contributed by atoms with Crippen molar-refractivity contribution in [2.45, 2.75) is 58.3 Å². The number of nitrogens with one attached hydrogen (secondary N) is 1. The molecule has 1 amide bonds. The van der Waals surface area contributed by atoms with E-state index in [9.17, 15) is 24.0 Å². The number of carbonyl (C=O) groups is 5. The Morgan fingerprint density at radius 2 is 1.45 bits per heavy atom. The van der Waals surface area contributed by atoms with Gasteiger partial charge in [-0.2, -0.15) is 0 Å². The summed E-state index contributed by atoms with van der Waals surface area (Å²) in [4.78, 5) is 60.0. The van der Waals surface area contributed by atoms with Crippen LogP contribution in [-0.4, -0.2) is 66.8 Å². The molecule has 11 heteroatoms. The van der Waals surface area contributed by atoms with Gasteiger partial charge in [-0.1, -0.05) is 36.4 Å².